The van der Waals surface area contributed by atoms with E-state index in [9.17, 15) is 14.0 Å². The zero-order valence-corrected chi connectivity index (χ0v) is 13.0. The summed E-state index contributed by atoms with van der Waals surface area (Å²) >= 11 is 1.84. The highest BCUT2D eigenvalue weighted by atomic mass is 127. The van der Waals surface area contributed by atoms with Crippen LogP contribution in [0.4, 0.5) is 4.39 Å². The zero-order valence-electron chi connectivity index (χ0n) is 10.8. The minimum atomic E-state index is -1.10. The molecule has 0 radical (unpaired) electrons. The van der Waals surface area contributed by atoms with Gasteiger partial charge in [0.25, 0.3) is 5.91 Å². The molecule has 1 rings (SSSR count). The van der Waals surface area contributed by atoms with Gasteiger partial charge in [-0.2, -0.15) is 0 Å². The third-order valence-electron chi connectivity index (χ3n) is 2.56. The second kappa shape index (κ2) is 5.85. The summed E-state index contributed by atoms with van der Waals surface area (Å²) < 4.78 is 13.4. The predicted molar refractivity (Wildman–Crippen MR) is 77.5 cm³/mol. The molecule has 1 aromatic rings. The molecule has 0 fully saturated rings. The molecule has 2 N–H and O–H groups in total. The van der Waals surface area contributed by atoms with Gasteiger partial charge in [0.2, 0.25) is 0 Å². The Hall–Kier alpha value is -1.18. The Balaban J connectivity index is 2.98. The highest BCUT2D eigenvalue weighted by Crippen LogP contribution is 2.21. The SMILES string of the molecule is CC(C)(C)C(NC(=O)c1ccc(F)cc1I)C(=O)O. The molecule has 1 aromatic carbocycles. The number of carboxylic acid groups (broad SMARTS) is 1. The van der Waals surface area contributed by atoms with Crippen LogP contribution in [0.15, 0.2) is 18.2 Å². The van der Waals surface area contributed by atoms with Crippen molar-refractivity contribution in [1.29, 1.82) is 0 Å². The average Bonchev–Trinajstić information content (AvgIpc) is 2.23. The number of hydrogen-bond donors (Lipinski definition) is 2. The number of hydrogen-bond acceptors (Lipinski definition) is 2. The van der Waals surface area contributed by atoms with Crippen LogP contribution < -0.4 is 5.32 Å². The van der Waals surface area contributed by atoms with Crippen molar-refractivity contribution in [3.63, 3.8) is 0 Å². The van der Waals surface area contributed by atoms with Crippen LogP contribution in [0.3, 0.4) is 0 Å². The standard InChI is InChI=1S/C13H15FINO3/c1-13(2,3)10(12(18)19)16-11(17)8-5-4-7(14)6-9(8)15/h4-6,10H,1-3H3,(H,16,17)(H,18,19). The van der Waals surface area contributed by atoms with Crippen molar-refractivity contribution in [2.45, 2.75) is 26.8 Å². The quantitative estimate of drug-likeness (QED) is 0.794. The van der Waals surface area contributed by atoms with E-state index in [1.54, 1.807) is 20.8 Å². The zero-order chi connectivity index (χ0) is 14.8. The minimum Gasteiger partial charge on any atom is -0.480 e. The lowest BCUT2D eigenvalue weighted by Crippen LogP contribution is -2.49. The fourth-order valence-corrected chi connectivity index (χ4v) is 2.25. The van der Waals surface area contributed by atoms with E-state index >= 15 is 0 Å². The summed E-state index contributed by atoms with van der Waals surface area (Å²) in [5.41, 5.74) is -0.357. The number of carbonyl (C=O) groups excluding carboxylic acids is 1. The van der Waals surface area contributed by atoms with Gasteiger partial charge >= 0.3 is 5.97 Å². The van der Waals surface area contributed by atoms with Gasteiger partial charge in [-0.05, 0) is 46.2 Å². The first-order valence-corrected chi connectivity index (χ1v) is 6.69. The predicted octanol–water partition coefficient (Wildman–Crippen LogP) is 2.66. The highest BCUT2D eigenvalue weighted by Gasteiger charge is 2.33. The lowest BCUT2D eigenvalue weighted by atomic mass is 9.86. The summed E-state index contributed by atoms with van der Waals surface area (Å²) in [7, 11) is 0. The van der Waals surface area contributed by atoms with Crippen LogP contribution >= 0.6 is 22.6 Å². The fraction of sp³-hybridized carbons (Fsp3) is 0.385. The number of nitrogens with one attached hydrogen (secondary N) is 1. The molecule has 0 aliphatic heterocycles. The largest absolute Gasteiger partial charge is 0.480 e. The Morgan fingerprint density at radius 2 is 1.95 bits per heavy atom. The summed E-state index contributed by atoms with van der Waals surface area (Å²) in [6.45, 7) is 5.17. The van der Waals surface area contributed by atoms with Gasteiger partial charge in [0.05, 0.1) is 5.56 Å². The second-order valence-corrected chi connectivity index (χ2v) is 6.40. The van der Waals surface area contributed by atoms with Gasteiger partial charge in [0.1, 0.15) is 11.9 Å². The van der Waals surface area contributed by atoms with E-state index in [0.717, 1.165) is 0 Å². The number of aliphatic carboxylic acids is 1. The number of carbonyl (C=O) groups is 2. The lowest BCUT2D eigenvalue weighted by Gasteiger charge is -2.27. The van der Waals surface area contributed by atoms with Crippen molar-refractivity contribution in [2.75, 3.05) is 0 Å². The van der Waals surface area contributed by atoms with Gasteiger partial charge in [-0.15, -0.1) is 0 Å². The smallest absolute Gasteiger partial charge is 0.326 e. The summed E-state index contributed by atoms with van der Waals surface area (Å²) in [4.78, 5) is 23.2. The molecule has 0 aliphatic carbocycles. The molecule has 1 unspecified atom stereocenters. The summed E-state index contributed by atoms with van der Waals surface area (Å²) in [6.07, 6.45) is 0. The van der Waals surface area contributed by atoms with Crippen molar-refractivity contribution in [1.82, 2.24) is 5.32 Å². The van der Waals surface area contributed by atoms with E-state index in [-0.39, 0.29) is 5.56 Å². The van der Waals surface area contributed by atoms with Gasteiger partial charge in [-0.25, -0.2) is 9.18 Å². The Morgan fingerprint density at radius 3 is 2.37 bits per heavy atom. The number of amides is 1. The fourth-order valence-electron chi connectivity index (χ4n) is 1.53. The number of rotatable bonds is 3. The topological polar surface area (TPSA) is 66.4 Å². The Morgan fingerprint density at radius 1 is 1.37 bits per heavy atom. The lowest BCUT2D eigenvalue weighted by molar-refractivity contribution is -0.142. The first-order chi connectivity index (χ1) is 8.62. The molecule has 19 heavy (non-hydrogen) atoms. The molecular formula is C13H15FINO3. The van der Waals surface area contributed by atoms with Crippen molar-refractivity contribution in [2.24, 2.45) is 5.41 Å². The molecule has 0 saturated heterocycles. The Kier molecular flexibility index (Phi) is 4.89. The Labute approximate surface area is 124 Å². The van der Waals surface area contributed by atoms with Crippen molar-refractivity contribution < 1.29 is 19.1 Å². The first-order valence-electron chi connectivity index (χ1n) is 5.61. The summed E-state index contributed by atoms with van der Waals surface area (Å²) in [5.74, 6) is -2.06. The van der Waals surface area contributed by atoms with Crippen LogP contribution in [0.5, 0.6) is 0 Å². The van der Waals surface area contributed by atoms with Crippen LogP contribution in [0.25, 0.3) is 0 Å². The molecular weight excluding hydrogens is 364 g/mol. The molecule has 104 valence electrons. The highest BCUT2D eigenvalue weighted by molar-refractivity contribution is 14.1. The molecule has 0 saturated carbocycles. The molecule has 4 nitrogen and oxygen atoms in total. The maximum Gasteiger partial charge on any atom is 0.326 e. The maximum absolute atomic E-state index is 13.0. The van der Waals surface area contributed by atoms with E-state index in [4.69, 9.17) is 5.11 Å². The second-order valence-electron chi connectivity index (χ2n) is 5.23. The van der Waals surface area contributed by atoms with E-state index < -0.39 is 29.2 Å². The van der Waals surface area contributed by atoms with Crippen molar-refractivity contribution >= 4 is 34.5 Å². The van der Waals surface area contributed by atoms with Crippen LogP contribution in [0.2, 0.25) is 0 Å². The maximum atomic E-state index is 13.0. The number of halogens is 2. The molecule has 0 aliphatic rings. The third-order valence-corrected chi connectivity index (χ3v) is 3.46. The van der Waals surface area contributed by atoms with Crippen molar-refractivity contribution in [3.8, 4) is 0 Å². The molecule has 1 atom stereocenters. The van der Waals surface area contributed by atoms with E-state index in [1.807, 2.05) is 22.6 Å². The molecule has 0 bridgehead atoms. The number of benzene rings is 1. The van der Waals surface area contributed by atoms with Gasteiger partial charge in [0, 0.05) is 3.57 Å². The van der Waals surface area contributed by atoms with E-state index in [2.05, 4.69) is 5.32 Å². The average molecular weight is 379 g/mol. The van der Waals surface area contributed by atoms with Gasteiger partial charge < -0.3 is 10.4 Å². The minimum absolute atomic E-state index is 0.262. The first kappa shape index (κ1) is 15.9. The Bertz CT molecular complexity index is 511. The van der Waals surface area contributed by atoms with Crippen LogP contribution in [-0.4, -0.2) is 23.0 Å². The van der Waals surface area contributed by atoms with Crippen LogP contribution in [-0.2, 0) is 4.79 Å². The van der Waals surface area contributed by atoms with Gasteiger partial charge in [-0.1, -0.05) is 20.8 Å². The monoisotopic (exact) mass is 379 g/mol. The van der Waals surface area contributed by atoms with E-state index in [1.165, 1.54) is 18.2 Å². The normalized spacial score (nSPS) is 12.9. The van der Waals surface area contributed by atoms with Crippen molar-refractivity contribution in [3.05, 3.63) is 33.1 Å². The number of carboxylic acids is 1. The van der Waals surface area contributed by atoms with Crippen LogP contribution in [0, 0.1) is 14.8 Å². The molecule has 0 aromatic heterocycles. The van der Waals surface area contributed by atoms with E-state index in [0.29, 0.717) is 3.57 Å². The molecule has 6 heteroatoms. The molecule has 0 heterocycles. The van der Waals surface area contributed by atoms with Gasteiger partial charge in [0.15, 0.2) is 0 Å². The third kappa shape index (κ3) is 4.15. The summed E-state index contributed by atoms with van der Waals surface area (Å²) in [5, 5.41) is 11.6. The van der Waals surface area contributed by atoms with Crippen LogP contribution in [0.1, 0.15) is 31.1 Å². The molecule has 0 spiro atoms. The summed E-state index contributed by atoms with van der Waals surface area (Å²) in [6, 6.07) is 2.72. The van der Waals surface area contributed by atoms with Gasteiger partial charge in [-0.3, -0.25) is 4.79 Å². The molecule has 1 amide bonds.